The van der Waals surface area contributed by atoms with Crippen LogP contribution >= 0.6 is 15.9 Å². The van der Waals surface area contributed by atoms with Gasteiger partial charge >= 0.3 is 0 Å². The number of fused-ring (bicyclic) bond motifs is 1. The predicted octanol–water partition coefficient (Wildman–Crippen LogP) is 2.96. The smallest absolute Gasteiger partial charge is 0.0468 e. The minimum absolute atomic E-state index is 0.713. The number of hydrogen-bond donors (Lipinski definition) is 1. The van der Waals surface area contributed by atoms with Crippen molar-refractivity contribution in [3.8, 4) is 0 Å². The first-order chi connectivity index (χ1) is 7.24. The zero-order valence-corrected chi connectivity index (χ0v) is 10.2. The average Bonchev–Trinajstić information content (AvgIpc) is 2.55. The molecular weight excluding hydrogens is 252 g/mol. The van der Waals surface area contributed by atoms with Crippen molar-refractivity contribution >= 4 is 26.8 Å². The van der Waals surface area contributed by atoms with Gasteiger partial charge < -0.3 is 9.88 Å². The molecule has 1 aromatic heterocycles. The Morgan fingerprint density at radius 3 is 2.93 bits per heavy atom. The van der Waals surface area contributed by atoms with E-state index in [1.165, 1.54) is 29.6 Å². The Bertz CT molecular complexity index is 497. The summed E-state index contributed by atoms with van der Waals surface area (Å²) in [6.07, 6.45) is 2.16. The quantitative estimate of drug-likeness (QED) is 0.839. The summed E-state index contributed by atoms with van der Waals surface area (Å²) in [5.41, 5.74) is 2.70. The van der Waals surface area contributed by atoms with E-state index in [1.54, 1.807) is 0 Å². The van der Waals surface area contributed by atoms with Crippen molar-refractivity contribution in [2.24, 2.45) is 0 Å². The molecule has 0 saturated carbocycles. The third-order valence-electron chi connectivity index (χ3n) is 3.18. The van der Waals surface area contributed by atoms with Crippen molar-refractivity contribution in [1.29, 1.82) is 0 Å². The number of likely N-dealkylation sites (N-methyl/N-ethyl adjacent to an activating group) is 1. The first-order valence-corrected chi connectivity index (χ1v) is 5.98. The first-order valence-electron chi connectivity index (χ1n) is 5.19. The number of aromatic nitrogens is 1. The average molecular weight is 265 g/mol. The summed E-state index contributed by atoms with van der Waals surface area (Å²) in [7, 11) is 2.17. The second-order valence-corrected chi connectivity index (χ2v) is 5.27. The Kier molecular flexibility index (Phi) is 2.11. The number of hydrogen-bond acceptors (Lipinski definition) is 1. The summed E-state index contributed by atoms with van der Waals surface area (Å²) in [5, 5.41) is 1.37. The van der Waals surface area contributed by atoms with Gasteiger partial charge in [0.15, 0.2) is 0 Å². The molecule has 1 N–H and O–H groups in total. The molecule has 0 unspecified atom stereocenters. The Hall–Kier alpha value is -0.800. The Balaban J connectivity index is 2.05. The molecule has 2 heterocycles. The molecule has 3 heteroatoms. The van der Waals surface area contributed by atoms with Crippen molar-refractivity contribution in [2.45, 2.75) is 5.92 Å². The van der Waals surface area contributed by atoms with Gasteiger partial charge in [-0.05, 0) is 24.7 Å². The van der Waals surface area contributed by atoms with Crippen LogP contribution in [-0.4, -0.2) is 30.0 Å². The normalized spacial score (nSPS) is 18.3. The fraction of sp³-hybridized carbons (Fsp3) is 0.333. The summed E-state index contributed by atoms with van der Waals surface area (Å²) in [6, 6.07) is 6.45. The number of rotatable bonds is 1. The highest BCUT2D eigenvalue weighted by molar-refractivity contribution is 9.10. The lowest BCUT2D eigenvalue weighted by molar-refractivity contribution is 0.190. The maximum Gasteiger partial charge on any atom is 0.0468 e. The molecule has 0 atom stereocenters. The number of nitrogens with zero attached hydrogens (tertiary/aromatic N) is 1. The van der Waals surface area contributed by atoms with Gasteiger partial charge in [-0.25, -0.2) is 0 Å². The van der Waals surface area contributed by atoms with E-state index >= 15 is 0 Å². The van der Waals surface area contributed by atoms with E-state index in [2.05, 4.69) is 57.3 Å². The van der Waals surface area contributed by atoms with Crippen LogP contribution in [0, 0.1) is 0 Å². The van der Waals surface area contributed by atoms with Crippen molar-refractivity contribution < 1.29 is 0 Å². The number of aromatic amines is 1. The Morgan fingerprint density at radius 2 is 2.20 bits per heavy atom. The van der Waals surface area contributed by atoms with Gasteiger partial charge in [0.2, 0.25) is 0 Å². The summed E-state index contributed by atoms with van der Waals surface area (Å²) in [4.78, 5) is 5.69. The molecule has 1 aliphatic rings. The van der Waals surface area contributed by atoms with Gasteiger partial charge in [0.05, 0.1) is 0 Å². The zero-order chi connectivity index (χ0) is 10.4. The molecule has 0 spiro atoms. The SMILES string of the molecule is CN1CC(c2c[nH]c3cc(Br)ccc23)C1. The van der Waals surface area contributed by atoms with Crippen molar-refractivity contribution in [2.75, 3.05) is 20.1 Å². The second-order valence-electron chi connectivity index (χ2n) is 4.35. The maximum atomic E-state index is 3.49. The molecule has 78 valence electrons. The van der Waals surface area contributed by atoms with Crippen LogP contribution in [0.1, 0.15) is 11.5 Å². The van der Waals surface area contributed by atoms with Crippen molar-refractivity contribution in [3.63, 3.8) is 0 Å². The highest BCUT2D eigenvalue weighted by Gasteiger charge is 2.26. The van der Waals surface area contributed by atoms with Gasteiger partial charge in [0, 0.05) is 40.6 Å². The number of nitrogens with one attached hydrogen (secondary N) is 1. The Morgan fingerprint density at radius 1 is 1.40 bits per heavy atom. The minimum Gasteiger partial charge on any atom is -0.361 e. The summed E-state index contributed by atoms with van der Waals surface area (Å²) in [6.45, 7) is 2.37. The van der Waals surface area contributed by atoms with Gasteiger partial charge in [-0.2, -0.15) is 0 Å². The summed E-state index contributed by atoms with van der Waals surface area (Å²) < 4.78 is 1.13. The lowest BCUT2D eigenvalue weighted by atomic mass is 9.92. The standard InChI is InChI=1S/C12H13BrN2/c1-15-6-8(7-15)11-5-14-12-4-9(13)2-3-10(11)12/h2-5,8,14H,6-7H2,1H3. The number of benzene rings is 1. The van der Waals surface area contributed by atoms with E-state index in [1.807, 2.05) is 0 Å². The summed E-state index contributed by atoms with van der Waals surface area (Å²) in [5.74, 6) is 0.713. The van der Waals surface area contributed by atoms with E-state index in [0.717, 1.165) is 4.47 Å². The first kappa shape index (κ1) is 9.43. The Labute approximate surface area is 97.4 Å². The van der Waals surface area contributed by atoms with E-state index < -0.39 is 0 Å². The highest BCUT2D eigenvalue weighted by Crippen LogP contribution is 2.32. The molecule has 0 radical (unpaired) electrons. The highest BCUT2D eigenvalue weighted by atomic mass is 79.9. The van der Waals surface area contributed by atoms with E-state index in [9.17, 15) is 0 Å². The van der Waals surface area contributed by atoms with Gasteiger partial charge in [0.1, 0.15) is 0 Å². The van der Waals surface area contributed by atoms with E-state index in [0.29, 0.717) is 5.92 Å². The van der Waals surface area contributed by atoms with Crippen LogP contribution < -0.4 is 0 Å². The van der Waals surface area contributed by atoms with Gasteiger partial charge in [-0.1, -0.05) is 22.0 Å². The predicted molar refractivity (Wildman–Crippen MR) is 66.2 cm³/mol. The molecule has 1 fully saturated rings. The van der Waals surface area contributed by atoms with Crippen molar-refractivity contribution in [1.82, 2.24) is 9.88 Å². The number of halogens is 1. The largest absolute Gasteiger partial charge is 0.361 e. The van der Waals surface area contributed by atoms with Crippen molar-refractivity contribution in [3.05, 3.63) is 34.4 Å². The van der Waals surface area contributed by atoms with Crippen LogP contribution in [0.2, 0.25) is 0 Å². The lowest BCUT2D eigenvalue weighted by Gasteiger charge is -2.36. The summed E-state index contributed by atoms with van der Waals surface area (Å²) >= 11 is 3.49. The fourth-order valence-corrected chi connectivity index (χ4v) is 2.72. The van der Waals surface area contributed by atoms with E-state index in [-0.39, 0.29) is 0 Å². The van der Waals surface area contributed by atoms with Gasteiger partial charge in [0.25, 0.3) is 0 Å². The molecule has 0 amide bonds. The van der Waals surface area contributed by atoms with Gasteiger partial charge in [-0.15, -0.1) is 0 Å². The minimum atomic E-state index is 0.713. The maximum absolute atomic E-state index is 3.49. The molecule has 2 aromatic rings. The number of H-pyrrole nitrogens is 1. The van der Waals surface area contributed by atoms with Crippen LogP contribution in [0.3, 0.4) is 0 Å². The molecule has 1 aliphatic heterocycles. The molecule has 3 rings (SSSR count). The van der Waals surface area contributed by atoms with Crippen LogP contribution in [-0.2, 0) is 0 Å². The molecule has 1 saturated heterocycles. The second kappa shape index (κ2) is 3.35. The molecule has 15 heavy (non-hydrogen) atoms. The fourth-order valence-electron chi connectivity index (χ4n) is 2.35. The topological polar surface area (TPSA) is 19.0 Å². The third kappa shape index (κ3) is 1.50. The third-order valence-corrected chi connectivity index (χ3v) is 3.67. The van der Waals surface area contributed by atoms with Gasteiger partial charge in [-0.3, -0.25) is 0 Å². The lowest BCUT2D eigenvalue weighted by Crippen LogP contribution is -2.41. The van der Waals surface area contributed by atoms with Crippen LogP contribution in [0.25, 0.3) is 10.9 Å². The van der Waals surface area contributed by atoms with Crippen LogP contribution in [0.15, 0.2) is 28.9 Å². The number of likely N-dealkylation sites (tertiary alicyclic amines) is 1. The molecule has 0 bridgehead atoms. The zero-order valence-electron chi connectivity index (χ0n) is 8.63. The molecule has 2 nitrogen and oxygen atoms in total. The van der Waals surface area contributed by atoms with E-state index in [4.69, 9.17) is 0 Å². The molecule has 1 aromatic carbocycles. The van der Waals surface area contributed by atoms with Crippen LogP contribution in [0.4, 0.5) is 0 Å². The van der Waals surface area contributed by atoms with Crippen LogP contribution in [0.5, 0.6) is 0 Å². The molecule has 0 aliphatic carbocycles. The molecular formula is C12H13BrN2. The monoisotopic (exact) mass is 264 g/mol.